The van der Waals surface area contributed by atoms with Crippen molar-refractivity contribution in [2.75, 3.05) is 20.3 Å². The van der Waals surface area contributed by atoms with E-state index in [1.165, 1.54) is 25.3 Å². The number of aliphatic carboxylic acids is 1. The molecule has 0 heterocycles. The smallest absolute Gasteiger partial charge is 0.326 e. The fraction of sp³-hybridized carbons (Fsp3) is 0.467. The lowest BCUT2D eigenvalue weighted by atomic mass is 10.2. The number of ether oxygens (including phenoxy) is 2. The van der Waals surface area contributed by atoms with Crippen molar-refractivity contribution in [3.05, 3.63) is 30.1 Å². The largest absolute Gasteiger partial charge is 0.493 e. The molecule has 0 saturated heterocycles. The first kappa shape index (κ1) is 17.9. The van der Waals surface area contributed by atoms with Gasteiger partial charge in [0.1, 0.15) is 17.6 Å². The Morgan fingerprint density at radius 1 is 1.36 bits per heavy atom. The molecular formula is C15H20FNO5. The van der Waals surface area contributed by atoms with Crippen LogP contribution in [0.15, 0.2) is 24.3 Å². The number of carbonyl (C=O) groups is 2. The van der Waals surface area contributed by atoms with E-state index in [0.29, 0.717) is 12.2 Å². The van der Waals surface area contributed by atoms with Crippen LogP contribution >= 0.6 is 0 Å². The molecule has 1 aromatic carbocycles. The highest BCUT2D eigenvalue weighted by atomic mass is 19.1. The van der Waals surface area contributed by atoms with Crippen molar-refractivity contribution in [1.29, 1.82) is 0 Å². The van der Waals surface area contributed by atoms with Gasteiger partial charge in [0.2, 0.25) is 5.91 Å². The number of hydrogen-bond donors (Lipinski definition) is 2. The monoisotopic (exact) mass is 313 g/mol. The fourth-order valence-electron chi connectivity index (χ4n) is 1.74. The van der Waals surface area contributed by atoms with Crippen molar-refractivity contribution in [2.24, 2.45) is 0 Å². The number of carboxylic acid groups (broad SMARTS) is 1. The molecule has 1 atom stereocenters. The first-order valence-corrected chi connectivity index (χ1v) is 6.92. The second-order valence-corrected chi connectivity index (χ2v) is 4.65. The molecule has 1 rings (SSSR count). The van der Waals surface area contributed by atoms with Gasteiger partial charge in [0.05, 0.1) is 6.61 Å². The number of amides is 1. The first-order valence-electron chi connectivity index (χ1n) is 6.92. The molecule has 0 spiro atoms. The van der Waals surface area contributed by atoms with Crippen LogP contribution in [0.3, 0.4) is 0 Å². The van der Waals surface area contributed by atoms with Gasteiger partial charge in [-0.15, -0.1) is 0 Å². The molecule has 1 amide bonds. The maximum absolute atomic E-state index is 12.9. The van der Waals surface area contributed by atoms with Crippen LogP contribution in [-0.4, -0.2) is 43.3 Å². The van der Waals surface area contributed by atoms with Gasteiger partial charge in [-0.25, -0.2) is 9.18 Å². The van der Waals surface area contributed by atoms with Gasteiger partial charge < -0.3 is 19.9 Å². The van der Waals surface area contributed by atoms with E-state index in [-0.39, 0.29) is 32.0 Å². The summed E-state index contributed by atoms with van der Waals surface area (Å²) < 4.78 is 23.0. The minimum atomic E-state index is -1.10. The van der Waals surface area contributed by atoms with Crippen LogP contribution in [0, 0.1) is 5.82 Å². The van der Waals surface area contributed by atoms with E-state index in [2.05, 4.69) is 5.32 Å². The van der Waals surface area contributed by atoms with E-state index in [0.717, 1.165) is 0 Å². The summed E-state index contributed by atoms with van der Waals surface area (Å²) in [5.74, 6) is -1.46. The van der Waals surface area contributed by atoms with E-state index >= 15 is 0 Å². The molecule has 2 N–H and O–H groups in total. The Morgan fingerprint density at radius 2 is 2.14 bits per heavy atom. The van der Waals surface area contributed by atoms with Gasteiger partial charge in [-0.05, 0) is 18.6 Å². The number of nitrogens with one attached hydrogen (secondary N) is 1. The molecule has 1 unspecified atom stereocenters. The number of carboxylic acids is 1. The summed E-state index contributed by atoms with van der Waals surface area (Å²) in [5.41, 5.74) is 0. The number of hydrogen-bond acceptors (Lipinski definition) is 4. The topological polar surface area (TPSA) is 84.9 Å². The molecule has 0 aliphatic heterocycles. The van der Waals surface area contributed by atoms with Crippen molar-refractivity contribution in [3.63, 3.8) is 0 Å². The van der Waals surface area contributed by atoms with Crippen molar-refractivity contribution in [1.82, 2.24) is 5.32 Å². The Kier molecular flexibility index (Phi) is 7.91. The predicted molar refractivity (Wildman–Crippen MR) is 77.2 cm³/mol. The van der Waals surface area contributed by atoms with Gasteiger partial charge in [0, 0.05) is 32.6 Å². The van der Waals surface area contributed by atoms with Crippen molar-refractivity contribution < 1.29 is 28.6 Å². The summed E-state index contributed by atoms with van der Waals surface area (Å²) >= 11 is 0. The SMILES string of the molecule is COCCC(NC(=O)CCCOc1cccc(F)c1)C(=O)O. The molecule has 0 aliphatic rings. The zero-order valence-corrected chi connectivity index (χ0v) is 12.4. The molecule has 122 valence electrons. The van der Waals surface area contributed by atoms with Gasteiger partial charge in [-0.2, -0.15) is 0 Å². The number of methoxy groups -OCH3 is 1. The highest BCUT2D eigenvalue weighted by molar-refractivity contribution is 5.83. The van der Waals surface area contributed by atoms with Crippen LogP contribution in [0.1, 0.15) is 19.3 Å². The van der Waals surface area contributed by atoms with Crippen molar-refractivity contribution in [2.45, 2.75) is 25.3 Å². The van der Waals surface area contributed by atoms with Crippen LogP contribution in [0.25, 0.3) is 0 Å². The standard InChI is InChI=1S/C15H20FNO5/c1-21-9-7-13(15(19)20)17-14(18)6-3-8-22-12-5-2-4-11(16)10-12/h2,4-5,10,13H,3,6-9H2,1H3,(H,17,18)(H,19,20). The van der Waals surface area contributed by atoms with Gasteiger partial charge in [-0.3, -0.25) is 4.79 Å². The lowest BCUT2D eigenvalue weighted by Crippen LogP contribution is -2.41. The minimum Gasteiger partial charge on any atom is -0.493 e. The Labute approximate surface area is 128 Å². The van der Waals surface area contributed by atoms with Crippen LogP contribution < -0.4 is 10.1 Å². The van der Waals surface area contributed by atoms with E-state index in [1.54, 1.807) is 6.07 Å². The van der Waals surface area contributed by atoms with Crippen molar-refractivity contribution >= 4 is 11.9 Å². The van der Waals surface area contributed by atoms with Crippen LogP contribution in [-0.2, 0) is 14.3 Å². The maximum atomic E-state index is 12.9. The average Bonchev–Trinajstić information content (AvgIpc) is 2.47. The molecule has 0 bridgehead atoms. The van der Waals surface area contributed by atoms with E-state index in [1.807, 2.05) is 0 Å². The molecule has 6 nitrogen and oxygen atoms in total. The molecule has 1 aromatic rings. The third-order valence-electron chi connectivity index (χ3n) is 2.86. The number of carbonyl (C=O) groups excluding carboxylic acids is 1. The normalized spacial score (nSPS) is 11.7. The summed E-state index contributed by atoms with van der Waals surface area (Å²) in [6.07, 6.45) is 0.738. The Bertz CT molecular complexity index is 495. The summed E-state index contributed by atoms with van der Waals surface area (Å²) in [4.78, 5) is 22.6. The lowest BCUT2D eigenvalue weighted by molar-refractivity contribution is -0.142. The highest BCUT2D eigenvalue weighted by Crippen LogP contribution is 2.12. The molecular weight excluding hydrogens is 293 g/mol. The Hall–Kier alpha value is -2.15. The van der Waals surface area contributed by atoms with Crippen molar-refractivity contribution in [3.8, 4) is 5.75 Å². The number of halogens is 1. The van der Waals surface area contributed by atoms with Gasteiger partial charge >= 0.3 is 5.97 Å². The molecule has 0 aliphatic carbocycles. The third-order valence-corrected chi connectivity index (χ3v) is 2.86. The lowest BCUT2D eigenvalue weighted by Gasteiger charge is -2.14. The fourth-order valence-corrected chi connectivity index (χ4v) is 1.74. The first-order chi connectivity index (χ1) is 10.5. The minimum absolute atomic E-state index is 0.131. The Balaban J connectivity index is 2.26. The molecule has 0 radical (unpaired) electrons. The van der Waals surface area contributed by atoms with Gasteiger partial charge in [-0.1, -0.05) is 6.07 Å². The summed E-state index contributed by atoms with van der Waals surface area (Å²) in [6.45, 7) is 0.493. The molecule has 22 heavy (non-hydrogen) atoms. The molecule has 0 saturated carbocycles. The highest BCUT2D eigenvalue weighted by Gasteiger charge is 2.19. The second kappa shape index (κ2) is 9.73. The number of rotatable bonds is 10. The summed E-state index contributed by atoms with van der Waals surface area (Å²) in [7, 11) is 1.46. The molecule has 0 fully saturated rings. The second-order valence-electron chi connectivity index (χ2n) is 4.65. The average molecular weight is 313 g/mol. The quantitative estimate of drug-likeness (QED) is 0.641. The Morgan fingerprint density at radius 3 is 2.77 bits per heavy atom. The summed E-state index contributed by atoms with van der Waals surface area (Å²) in [5, 5.41) is 11.4. The van der Waals surface area contributed by atoms with Gasteiger partial charge in [0.25, 0.3) is 0 Å². The predicted octanol–water partition coefficient (Wildman–Crippen LogP) is 1.59. The summed E-state index contributed by atoms with van der Waals surface area (Å²) in [6, 6.07) is 4.76. The van der Waals surface area contributed by atoms with E-state index in [9.17, 15) is 14.0 Å². The van der Waals surface area contributed by atoms with Gasteiger partial charge in [0.15, 0.2) is 0 Å². The van der Waals surface area contributed by atoms with Crippen LogP contribution in [0.4, 0.5) is 4.39 Å². The third kappa shape index (κ3) is 7.03. The maximum Gasteiger partial charge on any atom is 0.326 e. The van der Waals surface area contributed by atoms with E-state index < -0.39 is 17.8 Å². The van der Waals surface area contributed by atoms with Crippen LogP contribution in [0.5, 0.6) is 5.75 Å². The molecule has 7 heteroatoms. The zero-order valence-electron chi connectivity index (χ0n) is 12.4. The van der Waals surface area contributed by atoms with Crippen LogP contribution in [0.2, 0.25) is 0 Å². The number of benzene rings is 1. The van der Waals surface area contributed by atoms with E-state index in [4.69, 9.17) is 14.6 Å². The molecule has 0 aromatic heterocycles. The zero-order chi connectivity index (χ0) is 16.4.